The van der Waals surface area contributed by atoms with Crippen LogP contribution in [-0.4, -0.2) is 24.4 Å². The summed E-state index contributed by atoms with van der Waals surface area (Å²) < 4.78 is 17.5. The average Bonchev–Trinajstić information content (AvgIpc) is 3.08. The Kier molecular flexibility index (Phi) is 5.19. The average molecular weight is 330 g/mol. The van der Waals surface area contributed by atoms with Gasteiger partial charge in [-0.2, -0.15) is 0 Å². The number of allylic oxidation sites excluding steroid dienone is 1. The molecule has 24 heavy (non-hydrogen) atoms. The van der Waals surface area contributed by atoms with Crippen LogP contribution in [0.5, 0.6) is 11.5 Å². The first kappa shape index (κ1) is 17.3. The molecule has 0 aromatic heterocycles. The Bertz CT molecular complexity index is 607. The zero-order chi connectivity index (χ0) is 17.2. The van der Waals surface area contributed by atoms with Gasteiger partial charge in [0.1, 0.15) is 24.2 Å². The SMILES string of the molecule is CCC(=CCOc1ccc2c(c1)OC(C)C2)CCC1OC1(C)CC. The van der Waals surface area contributed by atoms with Crippen molar-refractivity contribution in [1.29, 1.82) is 0 Å². The summed E-state index contributed by atoms with van der Waals surface area (Å²) in [6, 6.07) is 6.18. The predicted molar refractivity (Wildman–Crippen MR) is 96.9 cm³/mol. The second kappa shape index (κ2) is 7.18. The molecule has 1 aromatic carbocycles. The van der Waals surface area contributed by atoms with E-state index in [1.165, 1.54) is 11.1 Å². The van der Waals surface area contributed by atoms with Crippen molar-refractivity contribution >= 4 is 0 Å². The van der Waals surface area contributed by atoms with Crippen LogP contribution in [0.15, 0.2) is 29.8 Å². The summed E-state index contributed by atoms with van der Waals surface area (Å²) in [7, 11) is 0. The molecule has 2 aliphatic rings. The number of hydrogen-bond acceptors (Lipinski definition) is 3. The quantitative estimate of drug-likeness (QED) is 0.492. The Morgan fingerprint density at radius 2 is 2.21 bits per heavy atom. The summed E-state index contributed by atoms with van der Waals surface area (Å²) in [5, 5.41) is 0. The molecule has 3 atom stereocenters. The highest BCUT2D eigenvalue weighted by molar-refractivity contribution is 5.43. The fraction of sp³-hybridized carbons (Fsp3) is 0.619. The Morgan fingerprint density at radius 1 is 1.38 bits per heavy atom. The first-order valence-electron chi connectivity index (χ1n) is 9.32. The molecule has 1 aromatic rings. The molecule has 3 unspecified atom stereocenters. The first-order chi connectivity index (χ1) is 11.5. The van der Waals surface area contributed by atoms with Gasteiger partial charge >= 0.3 is 0 Å². The molecule has 0 saturated carbocycles. The maximum Gasteiger partial charge on any atom is 0.126 e. The minimum atomic E-state index is 0.136. The maximum atomic E-state index is 5.90. The molecule has 3 rings (SSSR count). The van der Waals surface area contributed by atoms with Crippen LogP contribution >= 0.6 is 0 Å². The molecule has 3 heteroatoms. The van der Waals surface area contributed by atoms with Crippen LogP contribution in [0.3, 0.4) is 0 Å². The Hall–Kier alpha value is -1.48. The molecule has 0 N–H and O–H groups in total. The molecule has 3 nitrogen and oxygen atoms in total. The highest BCUT2D eigenvalue weighted by Crippen LogP contribution is 2.42. The second-order valence-corrected chi connectivity index (χ2v) is 7.24. The molecule has 0 spiro atoms. The topological polar surface area (TPSA) is 31.0 Å². The molecule has 1 saturated heterocycles. The van der Waals surface area contributed by atoms with Gasteiger partial charge in [-0.05, 0) is 57.2 Å². The summed E-state index contributed by atoms with van der Waals surface area (Å²) in [5.41, 5.74) is 2.87. The lowest BCUT2D eigenvalue weighted by Crippen LogP contribution is -2.07. The largest absolute Gasteiger partial charge is 0.490 e. The van der Waals surface area contributed by atoms with Crippen LogP contribution in [-0.2, 0) is 11.2 Å². The molecular formula is C21H30O3. The van der Waals surface area contributed by atoms with Crippen molar-refractivity contribution < 1.29 is 14.2 Å². The molecule has 2 heterocycles. The second-order valence-electron chi connectivity index (χ2n) is 7.24. The number of epoxide rings is 1. The van der Waals surface area contributed by atoms with Gasteiger partial charge in [0.25, 0.3) is 0 Å². The van der Waals surface area contributed by atoms with Crippen molar-refractivity contribution in [1.82, 2.24) is 0 Å². The van der Waals surface area contributed by atoms with E-state index in [1.807, 2.05) is 12.1 Å². The van der Waals surface area contributed by atoms with Gasteiger partial charge in [-0.1, -0.05) is 25.5 Å². The highest BCUT2D eigenvalue weighted by Gasteiger charge is 2.49. The van der Waals surface area contributed by atoms with Crippen molar-refractivity contribution in [2.45, 2.75) is 77.6 Å². The molecule has 132 valence electrons. The number of fused-ring (bicyclic) bond motifs is 1. The number of rotatable bonds is 8. The van der Waals surface area contributed by atoms with E-state index in [9.17, 15) is 0 Å². The summed E-state index contributed by atoms with van der Waals surface area (Å²) in [6.07, 6.45) is 8.33. The van der Waals surface area contributed by atoms with Crippen molar-refractivity contribution in [3.05, 3.63) is 35.4 Å². The zero-order valence-corrected chi connectivity index (χ0v) is 15.4. The third kappa shape index (κ3) is 3.94. The Balaban J connectivity index is 1.47. The van der Waals surface area contributed by atoms with E-state index < -0.39 is 0 Å². The van der Waals surface area contributed by atoms with Crippen LogP contribution < -0.4 is 9.47 Å². The molecule has 0 bridgehead atoms. The van der Waals surface area contributed by atoms with Gasteiger partial charge < -0.3 is 14.2 Å². The van der Waals surface area contributed by atoms with Gasteiger partial charge in [-0.15, -0.1) is 0 Å². The third-order valence-electron chi connectivity index (χ3n) is 5.42. The fourth-order valence-corrected chi connectivity index (χ4v) is 3.43. The first-order valence-corrected chi connectivity index (χ1v) is 9.32. The lowest BCUT2D eigenvalue weighted by molar-refractivity contribution is 0.253. The van der Waals surface area contributed by atoms with Crippen molar-refractivity contribution in [2.75, 3.05) is 6.61 Å². The third-order valence-corrected chi connectivity index (χ3v) is 5.42. The van der Waals surface area contributed by atoms with Crippen LogP contribution in [0.1, 0.15) is 58.9 Å². The normalized spacial score (nSPS) is 28.4. The van der Waals surface area contributed by atoms with E-state index in [0.29, 0.717) is 12.7 Å². The Morgan fingerprint density at radius 3 is 2.92 bits per heavy atom. The Labute approximate surface area is 146 Å². The maximum absolute atomic E-state index is 5.90. The molecule has 0 aliphatic carbocycles. The van der Waals surface area contributed by atoms with E-state index >= 15 is 0 Å². The molecule has 1 fully saturated rings. The van der Waals surface area contributed by atoms with Crippen LogP contribution in [0.2, 0.25) is 0 Å². The lowest BCUT2D eigenvalue weighted by Gasteiger charge is -2.08. The van der Waals surface area contributed by atoms with Crippen LogP contribution in [0.25, 0.3) is 0 Å². The molecule has 0 radical (unpaired) electrons. The standard InChI is InChI=1S/C21H30O3/c1-5-16(7-10-20-21(4,6-2)24-20)11-12-22-18-9-8-17-13-15(3)23-19(17)14-18/h8-9,11,14-15,20H,5-7,10,12-13H2,1-4H3. The van der Waals surface area contributed by atoms with Crippen molar-refractivity contribution in [3.8, 4) is 11.5 Å². The van der Waals surface area contributed by atoms with Gasteiger partial charge in [0.2, 0.25) is 0 Å². The van der Waals surface area contributed by atoms with E-state index in [-0.39, 0.29) is 11.7 Å². The van der Waals surface area contributed by atoms with E-state index in [1.54, 1.807) is 0 Å². The summed E-state index contributed by atoms with van der Waals surface area (Å²) >= 11 is 0. The van der Waals surface area contributed by atoms with Crippen LogP contribution in [0.4, 0.5) is 0 Å². The molecular weight excluding hydrogens is 300 g/mol. The monoisotopic (exact) mass is 330 g/mol. The molecule has 2 aliphatic heterocycles. The van der Waals surface area contributed by atoms with Crippen molar-refractivity contribution in [3.63, 3.8) is 0 Å². The van der Waals surface area contributed by atoms with Crippen molar-refractivity contribution in [2.24, 2.45) is 0 Å². The van der Waals surface area contributed by atoms with Gasteiger partial charge in [-0.3, -0.25) is 0 Å². The van der Waals surface area contributed by atoms with Gasteiger partial charge in [0, 0.05) is 12.5 Å². The van der Waals surface area contributed by atoms with E-state index in [4.69, 9.17) is 14.2 Å². The van der Waals surface area contributed by atoms with Crippen LogP contribution in [0, 0.1) is 0 Å². The number of ether oxygens (including phenoxy) is 3. The van der Waals surface area contributed by atoms with Gasteiger partial charge in [-0.25, -0.2) is 0 Å². The predicted octanol–water partition coefficient (Wildman–Crippen LogP) is 5.07. The van der Waals surface area contributed by atoms with E-state index in [0.717, 1.165) is 43.6 Å². The summed E-state index contributed by atoms with van der Waals surface area (Å²) in [6.45, 7) is 9.35. The fourth-order valence-electron chi connectivity index (χ4n) is 3.43. The summed E-state index contributed by atoms with van der Waals surface area (Å²) in [4.78, 5) is 0. The van der Waals surface area contributed by atoms with E-state index in [2.05, 4.69) is 39.8 Å². The number of benzene rings is 1. The zero-order valence-electron chi connectivity index (χ0n) is 15.4. The minimum absolute atomic E-state index is 0.136. The molecule has 0 amide bonds. The highest BCUT2D eigenvalue weighted by atomic mass is 16.6. The lowest BCUT2D eigenvalue weighted by atomic mass is 9.98. The smallest absolute Gasteiger partial charge is 0.126 e. The minimum Gasteiger partial charge on any atom is -0.490 e. The van der Waals surface area contributed by atoms with Gasteiger partial charge in [0.15, 0.2) is 0 Å². The van der Waals surface area contributed by atoms with Gasteiger partial charge in [0.05, 0.1) is 11.7 Å². The number of hydrogen-bond donors (Lipinski definition) is 0. The summed E-state index contributed by atoms with van der Waals surface area (Å²) in [5.74, 6) is 1.86.